The van der Waals surface area contributed by atoms with Crippen molar-refractivity contribution in [3.63, 3.8) is 0 Å². The number of carbonyl (C=O) groups is 1. The van der Waals surface area contributed by atoms with Crippen LogP contribution in [0.1, 0.15) is 29.2 Å². The molecule has 3 aromatic heterocycles. The number of anilines is 3. The zero-order valence-electron chi connectivity index (χ0n) is 14.6. The lowest BCUT2D eigenvalue weighted by molar-refractivity contribution is 0.0300. The number of aliphatic hydroxyl groups excluding tert-OH is 1. The Kier molecular flexibility index (Phi) is 4.04. The third-order valence-corrected chi connectivity index (χ3v) is 4.79. The summed E-state index contributed by atoms with van der Waals surface area (Å²) in [7, 11) is 1.71. The molecule has 3 heterocycles. The Hall–Kier alpha value is -3.40. The highest BCUT2D eigenvalue weighted by atomic mass is 16.3. The molecule has 1 fully saturated rings. The maximum absolute atomic E-state index is 12.8. The van der Waals surface area contributed by atoms with Crippen LogP contribution in [-0.4, -0.2) is 43.3 Å². The van der Waals surface area contributed by atoms with Crippen molar-refractivity contribution in [1.29, 1.82) is 0 Å². The lowest BCUT2D eigenvalue weighted by Crippen LogP contribution is -2.39. The van der Waals surface area contributed by atoms with Crippen molar-refractivity contribution in [1.82, 2.24) is 19.2 Å². The quantitative estimate of drug-likeness (QED) is 0.512. The monoisotopic (exact) mass is 369 g/mol. The highest BCUT2D eigenvalue weighted by molar-refractivity contribution is 5.98. The minimum absolute atomic E-state index is 0.179. The van der Waals surface area contributed by atoms with Crippen LogP contribution in [0.15, 0.2) is 35.4 Å². The molecule has 1 aliphatic rings. The minimum Gasteiger partial charge on any atom is -0.391 e. The molecule has 0 aromatic carbocycles. The fourth-order valence-electron chi connectivity index (χ4n) is 3.17. The zero-order valence-corrected chi connectivity index (χ0v) is 14.6. The number of primary amides is 1. The second kappa shape index (κ2) is 6.40. The van der Waals surface area contributed by atoms with E-state index in [2.05, 4.69) is 20.7 Å². The Morgan fingerprint density at radius 1 is 1.41 bits per heavy atom. The van der Waals surface area contributed by atoms with E-state index in [1.807, 2.05) is 0 Å². The maximum atomic E-state index is 12.8. The van der Waals surface area contributed by atoms with Gasteiger partial charge in [-0.1, -0.05) is 0 Å². The van der Waals surface area contributed by atoms with Crippen molar-refractivity contribution in [2.24, 2.45) is 5.73 Å². The predicted octanol–water partition coefficient (Wildman–Crippen LogP) is 0.471. The second-order valence-corrected chi connectivity index (χ2v) is 6.41. The van der Waals surface area contributed by atoms with E-state index in [1.165, 1.54) is 15.3 Å². The Morgan fingerprint density at radius 3 is 2.85 bits per heavy atom. The summed E-state index contributed by atoms with van der Waals surface area (Å²) in [6, 6.07) is 4.83. The topological polar surface area (TPSA) is 140 Å². The van der Waals surface area contributed by atoms with Crippen molar-refractivity contribution in [3.05, 3.63) is 46.5 Å². The summed E-state index contributed by atoms with van der Waals surface area (Å²) >= 11 is 0. The molecule has 3 aromatic rings. The Bertz CT molecular complexity index is 1090. The number of carbonyl (C=O) groups excluding carboxylic acids is 1. The highest BCUT2D eigenvalue weighted by Gasteiger charge is 2.31. The molecule has 0 aliphatic heterocycles. The van der Waals surface area contributed by atoms with Crippen LogP contribution in [0.4, 0.5) is 17.3 Å². The van der Waals surface area contributed by atoms with Gasteiger partial charge < -0.3 is 26.0 Å². The number of amides is 1. The van der Waals surface area contributed by atoms with Crippen molar-refractivity contribution in [2.75, 3.05) is 17.7 Å². The third kappa shape index (κ3) is 2.79. The summed E-state index contributed by atoms with van der Waals surface area (Å²) in [4.78, 5) is 28.7. The van der Waals surface area contributed by atoms with Gasteiger partial charge in [-0.05, 0) is 25.0 Å². The summed E-state index contributed by atoms with van der Waals surface area (Å²) in [5.41, 5.74) is 5.90. The van der Waals surface area contributed by atoms with Gasteiger partial charge >= 0.3 is 0 Å². The van der Waals surface area contributed by atoms with Crippen LogP contribution in [0.3, 0.4) is 0 Å². The van der Waals surface area contributed by atoms with E-state index < -0.39 is 12.0 Å². The van der Waals surface area contributed by atoms with Crippen LogP contribution < -0.4 is 21.9 Å². The fraction of sp³-hybridized carbons (Fsp3) is 0.294. The molecule has 4 rings (SSSR count). The van der Waals surface area contributed by atoms with Crippen LogP contribution in [0.2, 0.25) is 0 Å². The van der Waals surface area contributed by atoms with E-state index in [0.717, 1.165) is 6.42 Å². The van der Waals surface area contributed by atoms with E-state index in [0.29, 0.717) is 23.7 Å². The van der Waals surface area contributed by atoms with Crippen molar-refractivity contribution in [2.45, 2.75) is 25.0 Å². The molecule has 10 heteroatoms. The van der Waals surface area contributed by atoms with Crippen molar-refractivity contribution < 1.29 is 9.90 Å². The largest absolute Gasteiger partial charge is 0.391 e. The number of pyridine rings is 1. The van der Waals surface area contributed by atoms with E-state index >= 15 is 0 Å². The lowest BCUT2D eigenvalue weighted by atomic mass is 9.89. The summed E-state index contributed by atoms with van der Waals surface area (Å²) in [6.45, 7) is 0. The minimum atomic E-state index is -0.641. The number of aliphatic hydroxyl groups is 1. The average molecular weight is 369 g/mol. The van der Waals surface area contributed by atoms with Gasteiger partial charge in [-0.2, -0.15) is 9.61 Å². The molecule has 0 spiro atoms. The third-order valence-electron chi connectivity index (χ3n) is 4.79. The van der Waals surface area contributed by atoms with Crippen LogP contribution >= 0.6 is 0 Å². The van der Waals surface area contributed by atoms with Gasteiger partial charge in [0.1, 0.15) is 22.9 Å². The summed E-state index contributed by atoms with van der Waals surface area (Å²) in [5.74, 6) is 0.289. The molecular formula is C17H19N7O3. The molecule has 1 amide bonds. The van der Waals surface area contributed by atoms with E-state index in [1.54, 1.807) is 31.4 Å². The number of rotatable bonds is 5. The van der Waals surface area contributed by atoms with Crippen LogP contribution in [0.25, 0.3) is 5.65 Å². The number of nitrogens with zero attached hydrogens (tertiary/aromatic N) is 4. The van der Waals surface area contributed by atoms with Crippen molar-refractivity contribution in [3.8, 4) is 0 Å². The number of fused-ring (bicyclic) bond motifs is 1. The number of hydrogen-bond acceptors (Lipinski definition) is 7. The second-order valence-electron chi connectivity index (χ2n) is 6.41. The zero-order chi connectivity index (χ0) is 19.1. The number of nitrogens with one attached hydrogen (secondary N) is 2. The Morgan fingerprint density at radius 2 is 2.22 bits per heavy atom. The van der Waals surface area contributed by atoms with Gasteiger partial charge in [0, 0.05) is 19.3 Å². The highest BCUT2D eigenvalue weighted by Crippen LogP contribution is 2.31. The smallest absolute Gasteiger partial charge is 0.274 e. The van der Waals surface area contributed by atoms with Crippen molar-refractivity contribution >= 4 is 28.9 Å². The van der Waals surface area contributed by atoms with Gasteiger partial charge in [-0.3, -0.25) is 9.59 Å². The first-order chi connectivity index (χ1) is 13.0. The van der Waals surface area contributed by atoms with E-state index in [4.69, 9.17) is 5.73 Å². The molecular weight excluding hydrogens is 350 g/mol. The first kappa shape index (κ1) is 17.0. The summed E-state index contributed by atoms with van der Waals surface area (Å²) < 4.78 is 2.99. The molecule has 5 N–H and O–H groups in total. The molecule has 2 unspecified atom stereocenters. The molecule has 0 saturated heterocycles. The molecule has 0 radical (unpaired) electrons. The van der Waals surface area contributed by atoms with Gasteiger partial charge in [-0.15, -0.1) is 0 Å². The van der Waals surface area contributed by atoms with Gasteiger partial charge in [0.15, 0.2) is 5.65 Å². The first-order valence-electron chi connectivity index (χ1n) is 8.52. The van der Waals surface area contributed by atoms with Crippen LogP contribution in [-0.2, 0) is 0 Å². The summed E-state index contributed by atoms with van der Waals surface area (Å²) in [5, 5.41) is 19.9. The van der Waals surface area contributed by atoms with Gasteiger partial charge in [0.05, 0.1) is 18.3 Å². The molecule has 2 atom stereocenters. The normalized spacial score (nSPS) is 18.9. The molecule has 140 valence electrons. The summed E-state index contributed by atoms with van der Waals surface area (Å²) in [6.07, 6.45) is 3.96. The Labute approximate surface area is 153 Å². The first-order valence-corrected chi connectivity index (χ1v) is 8.52. The molecule has 27 heavy (non-hydrogen) atoms. The van der Waals surface area contributed by atoms with Crippen LogP contribution in [0, 0.1) is 0 Å². The maximum Gasteiger partial charge on any atom is 0.274 e. The lowest BCUT2D eigenvalue weighted by Gasteiger charge is -2.34. The number of hydrogen-bond donors (Lipinski definition) is 4. The van der Waals surface area contributed by atoms with E-state index in [9.17, 15) is 14.7 Å². The SMILES string of the molecule is CNc1cc(Nc2cccn(C3CCC3O)c2=O)nc2c(C(N)=O)cnn12. The van der Waals surface area contributed by atoms with Gasteiger partial charge in [0.25, 0.3) is 11.5 Å². The predicted molar refractivity (Wildman–Crippen MR) is 99.3 cm³/mol. The average Bonchev–Trinajstić information content (AvgIpc) is 3.07. The molecule has 1 saturated carbocycles. The van der Waals surface area contributed by atoms with E-state index in [-0.39, 0.29) is 22.8 Å². The molecule has 0 bridgehead atoms. The standard InChI is InChI=1S/C17H19N7O3/c1-19-14-7-13(22-16-9(15(18)26)8-20-24(14)16)21-10-3-2-6-23(17(10)27)11-4-5-12(11)25/h2-3,6-8,11-12,19,25H,4-5H2,1H3,(H2,18,26)(H,21,22). The van der Waals surface area contributed by atoms with Gasteiger partial charge in [0.2, 0.25) is 0 Å². The number of nitrogens with two attached hydrogens (primary N) is 1. The molecule has 10 nitrogen and oxygen atoms in total. The van der Waals surface area contributed by atoms with Crippen LogP contribution in [0.5, 0.6) is 0 Å². The fourth-order valence-corrected chi connectivity index (χ4v) is 3.17. The Balaban J connectivity index is 1.76. The molecule has 1 aliphatic carbocycles. The number of aromatic nitrogens is 4. The van der Waals surface area contributed by atoms with Gasteiger partial charge in [-0.25, -0.2) is 4.98 Å².